The van der Waals surface area contributed by atoms with Crippen LogP contribution < -0.4 is 11.2 Å². The monoisotopic (exact) mass is 219 g/mol. The van der Waals surface area contributed by atoms with Crippen LogP contribution in [0, 0.1) is 6.92 Å². The minimum Gasteiger partial charge on any atom is -0.375 e. The van der Waals surface area contributed by atoms with Gasteiger partial charge in [-0.05, 0) is 43.1 Å². The molecule has 1 aromatic rings. The molecule has 0 unspecified atom stereocenters. The van der Waals surface area contributed by atoms with Crippen LogP contribution in [0.5, 0.6) is 0 Å². The zero-order chi connectivity index (χ0) is 10.8. The second-order valence-corrected chi connectivity index (χ2v) is 4.08. The summed E-state index contributed by atoms with van der Waals surface area (Å²) in [5.41, 5.74) is 13.0. The molecule has 1 aliphatic carbocycles. The molecule has 0 aliphatic heterocycles. The number of thiocarbonyl (C=S) groups is 1. The van der Waals surface area contributed by atoms with Gasteiger partial charge in [0.25, 0.3) is 0 Å². The standard InChI is InChI=1S/C11H13N3S/c1-7-3-2-4-9-8(7)5-6-10(9)13-14-11(12)15/h2-4H,5-6H2,1H3,(H3,12,14,15)/b13-10+. The molecule has 15 heavy (non-hydrogen) atoms. The average Bonchev–Trinajstić information content (AvgIpc) is 2.59. The van der Waals surface area contributed by atoms with Crippen LogP contribution in [0.15, 0.2) is 23.3 Å². The summed E-state index contributed by atoms with van der Waals surface area (Å²) in [6, 6.07) is 6.27. The Hall–Kier alpha value is -1.42. The number of nitrogens with two attached hydrogens (primary N) is 1. The Morgan fingerprint density at radius 3 is 3.00 bits per heavy atom. The third-order valence-electron chi connectivity index (χ3n) is 2.63. The molecule has 0 saturated carbocycles. The van der Waals surface area contributed by atoms with Gasteiger partial charge in [0.1, 0.15) is 0 Å². The molecule has 0 spiro atoms. The van der Waals surface area contributed by atoms with Crippen molar-refractivity contribution in [1.29, 1.82) is 0 Å². The highest BCUT2D eigenvalue weighted by atomic mass is 32.1. The lowest BCUT2D eigenvalue weighted by atomic mass is 10.0. The number of aryl methyl sites for hydroxylation is 1. The molecule has 1 aliphatic rings. The highest BCUT2D eigenvalue weighted by Crippen LogP contribution is 2.25. The van der Waals surface area contributed by atoms with Crippen molar-refractivity contribution in [2.75, 3.05) is 0 Å². The van der Waals surface area contributed by atoms with E-state index in [-0.39, 0.29) is 5.11 Å². The van der Waals surface area contributed by atoms with Gasteiger partial charge >= 0.3 is 0 Å². The van der Waals surface area contributed by atoms with Crippen LogP contribution >= 0.6 is 12.2 Å². The van der Waals surface area contributed by atoms with Crippen LogP contribution in [0.25, 0.3) is 0 Å². The molecule has 0 atom stereocenters. The third-order valence-corrected chi connectivity index (χ3v) is 2.73. The number of rotatable bonds is 1. The van der Waals surface area contributed by atoms with Gasteiger partial charge in [-0.2, -0.15) is 5.10 Å². The molecule has 0 fully saturated rings. The molecule has 3 nitrogen and oxygen atoms in total. The molecule has 1 aromatic carbocycles. The summed E-state index contributed by atoms with van der Waals surface area (Å²) in [5.74, 6) is 0. The van der Waals surface area contributed by atoms with Crippen molar-refractivity contribution in [2.24, 2.45) is 10.8 Å². The van der Waals surface area contributed by atoms with E-state index in [1.54, 1.807) is 0 Å². The molecule has 0 bridgehead atoms. The van der Waals surface area contributed by atoms with Crippen molar-refractivity contribution < 1.29 is 0 Å². The zero-order valence-electron chi connectivity index (χ0n) is 8.58. The molecule has 0 radical (unpaired) electrons. The van der Waals surface area contributed by atoms with Crippen LogP contribution in [0.1, 0.15) is 23.1 Å². The van der Waals surface area contributed by atoms with E-state index < -0.39 is 0 Å². The normalized spacial score (nSPS) is 16.5. The van der Waals surface area contributed by atoms with Gasteiger partial charge in [0.2, 0.25) is 0 Å². The van der Waals surface area contributed by atoms with Crippen LogP contribution in [-0.4, -0.2) is 10.8 Å². The Balaban J connectivity index is 2.32. The van der Waals surface area contributed by atoms with E-state index in [0.29, 0.717) is 0 Å². The van der Waals surface area contributed by atoms with Crippen molar-refractivity contribution in [3.05, 3.63) is 34.9 Å². The van der Waals surface area contributed by atoms with Crippen LogP contribution in [0.3, 0.4) is 0 Å². The summed E-state index contributed by atoms with van der Waals surface area (Å²) >= 11 is 4.71. The Bertz CT molecular complexity index is 437. The summed E-state index contributed by atoms with van der Waals surface area (Å²) in [6.07, 6.45) is 2.01. The lowest BCUT2D eigenvalue weighted by Gasteiger charge is -2.03. The first kappa shape index (κ1) is 10.1. The summed E-state index contributed by atoms with van der Waals surface area (Å²) in [5, 5.41) is 4.42. The second-order valence-electron chi connectivity index (χ2n) is 3.64. The maximum absolute atomic E-state index is 5.33. The third kappa shape index (κ3) is 1.99. The molecule has 78 valence electrons. The highest BCUT2D eigenvalue weighted by molar-refractivity contribution is 7.80. The molecular weight excluding hydrogens is 206 g/mol. The first-order chi connectivity index (χ1) is 7.18. The highest BCUT2D eigenvalue weighted by Gasteiger charge is 2.18. The molecule has 0 amide bonds. The Morgan fingerprint density at radius 2 is 2.27 bits per heavy atom. The number of hydrazone groups is 1. The number of nitrogens with zero attached hydrogens (tertiary/aromatic N) is 1. The van der Waals surface area contributed by atoms with Crippen molar-refractivity contribution in [3.8, 4) is 0 Å². The Morgan fingerprint density at radius 1 is 1.47 bits per heavy atom. The minimum atomic E-state index is 0.212. The van der Waals surface area contributed by atoms with E-state index in [1.165, 1.54) is 16.7 Å². The summed E-state index contributed by atoms with van der Waals surface area (Å²) < 4.78 is 0. The van der Waals surface area contributed by atoms with Crippen molar-refractivity contribution >= 4 is 23.0 Å². The largest absolute Gasteiger partial charge is 0.375 e. The van der Waals surface area contributed by atoms with Crippen LogP contribution in [0.2, 0.25) is 0 Å². The maximum atomic E-state index is 5.33. The molecular formula is C11H13N3S. The van der Waals surface area contributed by atoms with Gasteiger partial charge < -0.3 is 5.73 Å². The van der Waals surface area contributed by atoms with E-state index in [1.807, 2.05) is 0 Å². The van der Waals surface area contributed by atoms with Gasteiger partial charge in [-0.15, -0.1) is 0 Å². The van der Waals surface area contributed by atoms with Crippen LogP contribution in [-0.2, 0) is 6.42 Å². The fourth-order valence-corrected chi connectivity index (χ4v) is 1.97. The predicted molar refractivity (Wildman–Crippen MR) is 66.0 cm³/mol. The smallest absolute Gasteiger partial charge is 0.184 e. The quantitative estimate of drug-likeness (QED) is 0.555. The Labute approximate surface area is 94.4 Å². The predicted octanol–water partition coefficient (Wildman–Crippen LogP) is 1.48. The minimum absolute atomic E-state index is 0.212. The zero-order valence-corrected chi connectivity index (χ0v) is 9.40. The molecule has 0 heterocycles. The fraction of sp³-hybridized carbons (Fsp3) is 0.273. The summed E-state index contributed by atoms with van der Waals surface area (Å²) in [6.45, 7) is 2.13. The van der Waals surface area contributed by atoms with E-state index in [9.17, 15) is 0 Å². The van der Waals surface area contributed by atoms with Gasteiger partial charge in [0.15, 0.2) is 5.11 Å². The average molecular weight is 219 g/mol. The topological polar surface area (TPSA) is 50.4 Å². The first-order valence-electron chi connectivity index (χ1n) is 4.89. The molecule has 4 heteroatoms. The second kappa shape index (κ2) is 3.98. The fourth-order valence-electron chi connectivity index (χ4n) is 1.92. The molecule has 0 aromatic heterocycles. The lowest BCUT2D eigenvalue weighted by Crippen LogP contribution is -2.25. The van der Waals surface area contributed by atoms with Crippen molar-refractivity contribution in [2.45, 2.75) is 19.8 Å². The van der Waals surface area contributed by atoms with Gasteiger partial charge in [-0.25, -0.2) is 0 Å². The van der Waals surface area contributed by atoms with Gasteiger partial charge in [0.05, 0.1) is 5.71 Å². The number of hydrogen-bond acceptors (Lipinski definition) is 2. The molecule has 0 saturated heterocycles. The first-order valence-corrected chi connectivity index (χ1v) is 5.30. The van der Waals surface area contributed by atoms with E-state index in [4.69, 9.17) is 18.0 Å². The molecule has 3 N–H and O–H groups in total. The number of fused-ring (bicyclic) bond motifs is 1. The number of hydrogen-bond donors (Lipinski definition) is 2. The number of benzene rings is 1. The van der Waals surface area contributed by atoms with Gasteiger partial charge in [0, 0.05) is 5.56 Å². The lowest BCUT2D eigenvalue weighted by molar-refractivity contribution is 1.00. The summed E-state index contributed by atoms with van der Waals surface area (Å²) in [4.78, 5) is 0. The van der Waals surface area contributed by atoms with Gasteiger partial charge in [-0.1, -0.05) is 18.2 Å². The SMILES string of the molecule is Cc1cccc2c1CC/C2=N\NC(N)=S. The number of nitrogens with one attached hydrogen (secondary N) is 1. The van der Waals surface area contributed by atoms with Crippen LogP contribution in [0.4, 0.5) is 0 Å². The Kier molecular flexibility index (Phi) is 2.68. The van der Waals surface area contributed by atoms with Crippen molar-refractivity contribution in [3.63, 3.8) is 0 Å². The van der Waals surface area contributed by atoms with E-state index in [2.05, 4.69) is 35.7 Å². The van der Waals surface area contributed by atoms with E-state index >= 15 is 0 Å². The van der Waals surface area contributed by atoms with Crippen molar-refractivity contribution in [1.82, 2.24) is 5.43 Å². The van der Waals surface area contributed by atoms with Gasteiger partial charge in [-0.3, -0.25) is 5.43 Å². The molecule has 2 rings (SSSR count). The summed E-state index contributed by atoms with van der Waals surface area (Å²) in [7, 11) is 0. The maximum Gasteiger partial charge on any atom is 0.184 e. The van der Waals surface area contributed by atoms with E-state index in [0.717, 1.165) is 18.6 Å².